The Bertz CT molecular complexity index is 759. The molecule has 0 saturated carbocycles. The second-order valence-corrected chi connectivity index (χ2v) is 4.83. The number of aliphatic imine (C=N–C) groups is 1. The molecule has 0 unspecified atom stereocenters. The lowest BCUT2D eigenvalue weighted by molar-refractivity contribution is -0.384. The zero-order valence-electron chi connectivity index (χ0n) is 11.7. The number of aliphatic carboxylic acids is 1. The largest absolute Gasteiger partial charge is 0.481 e. The summed E-state index contributed by atoms with van der Waals surface area (Å²) in [5.41, 5.74) is 0.967. The predicted octanol–water partition coefficient (Wildman–Crippen LogP) is 3.46. The van der Waals surface area contributed by atoms with Crippen LogP contribution < -0.4 is 4.74 Å². The molecule has 2 aromatic carbocycles. The number of non-ortho nitro benzene ring substituents is 1. The van der Waals surface area contributed by atoms with Gasteiger partial charge in [-0.2, -0.15) is 0 Å². The Morgan fingerprint density at radius 2 is 2.00 bits per heavy atom. The van der Waals surface area contributed by atoms with E-state index in [0.29, 0.717) is 22.0 Å². The number of hydrogen-bond donors (Lipinski definition) is 1. The Kier molecular flexibility index (Phi) is 5.27. The van der Waals surface area contributed by atoms with Gasteiger partial charge in [-0.25, -0.2) is 4.79 Å². The smallest absolute Gasteiger partial charge is 0.341 e. The molecule has 0 atom stereocenters. The summed E-state index contributed by atoms with van der Waals surface area (Å²) in [6.07, 6.45) is 1.45. The Labute approximate surface area is 136 Å². The summed E-state index contributed by atoms with van der Waals surface area (Å²) in [6.45, 7) is -0.486. The van der Waals surface area contributed by atoms with Crippen molar-refractivity contribution in [3.05, 3.63) is 63.2 Å². The molecule has 0 bridgehead atoms. The van der Waals surface area contributed by atoms with E-state index in [2.05, 4.69) is 4.99 Å². The van der Waals surface area contributed by atoms with Gasteiger partial charge in [0.05, 0.1) is 10.6 Å². The average Bonchev–Trinajstić information content (AvgIpc) is 2.52. The first-order chi connectivity index (χ1) is 11.0. The van der Waals surface area contributed by atoms with Crippen LogP contribution >= 0.6 is 11.6 Å². The Hall–Kier alpha value is -2.93. The number of benzene rings is 2. The molecule has 1 N–H and O–H groups in total. The molecule has 0 amide bonds. The molecule has 0 aromatic heterocycles. The van der Waals surface area contributed by atoms with E-state index in [4.69, 9.17) is 21.4 Å². The fourth-order valence-corrected chi connectivity index (χ4v) is 1.88. The van der Waals surface area contributed by atoms with Crippen molar-refractivity contribution in [3.63, 3.8) is 0 Å². The van der Waals surface area contributed by atoms with Crippen molar-refractivity contribution in [2.45, 2.75) is 0 Å². The predicted molar refractivity (Wildman–Crippen MR) is 84.9 cm³/mol. The van der Waals surface area contributed by atoms with Crippen LogP contribution in [0.1, 0.15) is 5.56 Å². The van der Waals surface area contributed by atoms with Gasteiger partial charge in [0.25, 0.3) is 5.69 Å². The number of carboxylic acid groups (broad SMARTS) is 1. The van der Waals surface area contributed by atoms with E-state index in [9.17, 15) is 14.9 Å². The van der Waals surface area contributed by atoms with Gasteiger partial charge in [-0.1, -0.05) is 11.6 Å². The SMILES string of the molecule is O=C(O)COc1ccc(Cl)cc1C=Nc1ccc([N+](=O)[O-])cc1. The van der Waals surface area contributed by atoms with Crippen LogP contribution in [-0.4, -0.2) is 28.8 Å². The van der Waals surface area contributed by atoms with E-state index in [0.717, 1.165) is 0 Å². The fourth-order valence-electron chi connectivity index (χ4n) is 1.70. The number of carbonyl (C=O) groups is 1. The Morgan fingerprint density at radius 1 is 1.30 bits per heavy atom. The number of nitro groups is 1. The molecule has 0 fully saturated rings. The third-order valence-corrected chi connectivity index (χ3v) is 2.97. The maximum absolute atomic E-state index is 10.6. The van der Waals surface area contributed by atoms with E-state index in [-0.39, 0.29) is 5.69 Å². The highest BCUT2D eigenvalue weighted by atomic mass is 35.5. The second kappa shape index (κ2) is 7.37. The van der Waals surface area contributed by atoms with Crippen molar-refractivity contribution in [2.24, 2.45) is 4.99 Å². The summed E-state index contributed by atoms with van der Waals surface area (Å²) >= 11 is 5.91. The van der Waals surface area contributed by atoms with E-state index in [1.165, 1.54) is 30.5 Å². The molecule has 8 heteroatoms. The molecule has 118 valence electrons. The monoisotopic (exact) mass is 334 g/mol. The molecule has 0 aliphatic heterocycles. The van der Waals surface area contributed by atoms with Gasteiger partial charge in [0, 0.05) is 28.9 Å². The Morgan fingerprint density at radius 3 is 2.61 bits per heavy atom. The summed E-state index contributed by atoms with van der Waals surface area (Å²) in [5, 5.41) is 19.7. The summed E-state index contributed by atoms with van der Waals surface area (Å²) in [4.78, 5) is 24.8. The maximum atomic E-state index is 10.6. The minimum absolute atomic E-state index is 0.0304. The third kappa shape index (κ3) is 4.79. The van der Waals surface area contributed by atoms with Crippen molar-refractivity contribution in [2.75, 3.05) is 6.61 Å². The number of rotatable bonds is 6. The van der Waals surface area contributed by atoms with Crippen molar-refractivity contribution >= 4 is 35.2 Å². The molecule has 23 heavy (non-hydrogen) atoms. The number of ether oxygens (including phenoxy) is 1. The number of nitrogens with zero attached hydrogens (tertiary/aromatic N) is 2. The minimum atomic E-state index is -1.10. The third-order valence-electron chi connectivity index (χ3n) is 2.74. The molecule has 0 spiro atoms. The number of carboxylic acids is 1. The number of halogens is 1. The topological polar surface area (TPSA) is 102 Å². The van der Waals surface area contributed by atoms with Crippen LogP contribution in [0.5, 0.6) is 5.75 Å². The van der Waals surface area contributed by atoms with Crippen LogP contribution in [0.25, 0.3) is 0 Å². The van der Waals surface area contributed by atoms with Crippen LogP contribution in [0.15, 0.2) is 47.5 Å². The number of nitro benzene ring substituents is 1. The highest BCUT2D eigenvalue weighted by Crippen LogP contribution is 2.23. The standard InChI is InChI=1S/C15H11ClN2O5/c16-11-1-6-14(23-9-15(19)20)10(7-11)8-17-12-2-4-13(5-3-12)18(21)22/h1-8H,9H2,(H,19,20). The van der Waals surface area contributed by atoms with E-state index in [1.54, 1.807) is 18.2 Å². The van der Waals surface area contributed by atoms with Crippen molar-refractivity contribution < 1.29 is 19.6 Å². The van der Waals surface area contributed by atoms with E-state index in [1.807, 2.05) is 0 Å². The van der Waals surface area contributed by atoms with Gasteiger partial charge in [0.15, 0.2) is 6.61 Å². The van der Waals surface area contributed by atoms with Gasteiger partial charge in [-0.3, -0.25) is 15.1 Å². The average molecular weight is 335 g/mol. The lowest BCUT2D eigenvalue weighted by atomic mass is 10.2. The zero-order chi connectivity index (χ0) is 16.8. The van der Waals surface area contributed by atoms with Gasteiger partial charge in [-0.05, 0) is 30.3 Å². The molecule has 0 aliphatic rings. The van der Waals surface area contributed by atoms with Crippen LogP contribution in [0, 0.1) is 10.1 Å². The second-order valence-electron chi connectivity index (χ2n) is 4.40. The van der Waals surface area contributed by atoms with Gasteiger partial charge >= 0.3 is 5.97 Å². The van der Waals surface area contributed by atoms with E-state index < -0.39 is 17.5 Å². The molecule has 2 aromatic rings. The molecular formula is C15H11ClN2O5. The molecule has 0 saturated heterocycles. The molecule has 0 aliphatic carbocycles. The fraction of sp³-hybridized carbons (Fsp3) is 0.0667. The summed E-state index contributed by atoms with van der Waals surface area (Å²) in [7, 11) is 0. The first-order valence-electron chi connectivity index (χ1n) is 6.38. The molecule has 7 nitrogen and oxygen atoms in total. The van der Waals surface area contributed by atoms with Gasteiger partial charge < -0.3 is 9.84 Å². The first-order valence-corrected chi connectivity index (χ1v) is 6.76. The van der Waals surface area contributed by atoms with Gasteiger partial charge in [0.1, 0.15) is 5.75 Å². The van der Waals surface area contributed by atoms with E-state index >= 15 is 0 Å². The highest BCUT2D eigenvalue weighted by Gasteiger charge is 2.06. The van der Waals surface area contributed by atoms with Crippen LogP contribution in [0.3, 0.4) is 0 Å². The van der Waals surface area contributed by atoms with Crippen LogP contribution in [0.2, 0.25) is 5.02 Å². The summed E-state index contributed by atoms with van der Waals surface area (Å²) in [6, 6.07) is 10.4. The number of hydrogen-bond acceptors (Lipinski definition) is 5. The van der Waals surface area contributed by atoms with Crippen molar-refractivity contribution in [1.82, 2.24) is 0 Å². The van der Waals surface area contributed by atoms with Crippen LogP contribution in [-0.2, 0) is 4.79 Å². The minimum Gasteiger partial charge on any atom is -0.481 e. The molecule has 0 heterocycles. The van der Waals surface area contributed by atoms with Crippen molar-refractivity contribution in [3.8, 4) is 5.75 Å². The Balaban J connectivity index is 2.21. The quantitative estimate of drug-likeness (QED) is 0.495. The first kappa shape index (κ1) is 16.4. The normalized spacial score (nSPS) is 10.7. The maximum Gasteiger partial charge on any atom is 0.341 e. The summed E-state index contributed by atoms with van der Waals surface area (Å²) in [5.74, 6) is -0.777. The lowest BCUT2D eigenvalue weighted by Gasteiger charge is -2.07. The molecular weight excluding hydrogens is 324 g/mol. The lowest BCUT2D eigenvalue weighted by Crippen LogP contribution is -2.10. The molecule has 0 radical (unpaired) electrons. The molecule has 2 rings (SSSR count). The van der Waals surface area contributed by atoms with Crippen molar-refractivity contribution in [1.29, 1.82) is 0 Å². The zero-order valence-corrected chi connectivity index (χ0v) is 12.4. The summed E-state index contributed by atoms with van der Waals surface area (Å²) < 4.78 is 5.15. The van der Waals surface area contributed by atoms with Gasteiger partial charge in [-0.15, -0.1) is 0 Å². The highest BCUT2D eigenvalue weighted by molar-refractivity contribution is 6.30. The van der Waals surface area contributed by atoms with Crippen LogP contribution in [0.4, 0.5) is 11.4 Å². The van der Waals surface area contributed by atoms with Gasteiger partial charge in [0.2, 0.25) is 0 Å².